The fourth-order valence-electron chi connectivity index (χ4n) is 3.57. The highest BCUT2D eigenvalue weighted by molar-refractivity contribution is 5.94. The van der Waals surface area contributed by atoms with Gasteiger partial charge in [0.05, 0.1) is 24.9 Å². The maximum atomic E-state index is 13.2. The zero-order valence-corrected chi connectivity index (χ0v) is 15.5. The fraction of sp³-hybridized carbons (Fsp3) is 0.350. The summed E-state index contributed by atoms with van der Waals surface area (Å²) in [5.41, 5.74) is 2.16. The van der Waals surface area contributed by atoms with Crippen LogP contribution < -0.4 is 4.74 Å². The summed E-state index contributed by atoms with van der Waals surface area (Å²) in [4.78, 5) is 15.1. The molecule has 3 aromatic rings. The number of piperidine rings is 1. The number of nitrogens with zero attached hydrogens (tertiary/aromatic N) is 4. The summed E-state index contributed by atoms with van der Waals surface area (Å²) in [5, 5.41) is 8.50. The lowest BCUT2D eigenvalue weighted by molar-refractivity contribution is 0.0602. The standard InChI is InChI=1S/C20H22N4O3/c1-14-11-16(22-27-14)17-7-5-6-10-23(17)20(25)15-12-21-24(13-15)18-8-3-4-9-19(18)26-2/h3-4,8-9,11-13,17H,5-7,10H2,1-2H3/t17-/m1/s1. The maximum Gasteiger partial charge on any atom is 0.257 e. The molecule has 3 heterocycles. The van der Waals surface area contributed by atoms with E-state index >= 15 is 0 Å². The van der Waals surface area contributed by atoms with Crippen LogP contribution in [0.1, 0.15) is 47.1 Å². The van der Waals surface area contributed by atoms with E-state index in [9.17, 15) is 4.79 Å². The number of methoxy groups -OCH3 is 1. The van der Waals surface area contributed by atoms with Gasteiger partial charge in [0.2, 0.25) is 0 Å². The summed E-state index contributed by atoms with van der Waals surface area (Å²) in [6.45, 7) is 2.57. The van der Waals surface area contributed by atoms with Crippen LogP contribution in [0.2, 0.25) is 0 Å². The molecule has 7 nitrogen and oxygen atoms in total. The number of aromatic nitrogens is 3. The third-order valence-electron chi connectivity index (χ3n) is 4.91. The van der Waals surface area contributed by atoms with Crippen LogP contribution in [-0.4, -0.2) is 39.4 Å². The number of hydrogen-bond donors (Lipinski definition) is 0. The van der Waals surface area contributed by atoms with E-state index in [1.54, 1.807) is 24.2 Å². The number of likely N-dealkylation sites (tertiary alicyclic amines) is 1. The van der Waals surface area contributed by atoms with Crippen LogP contribution in [0.25, 0.3) is 5.69 Å². The van der Waals surface area contributed by atoms with Crippen molar-refractivity contribution in [3.63, 3.8) is 0 Å². The minimum absolute atomic E-state index is 0.0403. The van der Waals surface area contributed by atoms with Gasteiger partial charge in [-0.1, -0.05) is 17.3 Å². The van der Waals surface area contributed by atoms with Crippen molar-refractivity contribution in [1.29, 1.82) is 0 Å². The van der Waals surface area contributed by atoms with Gasteiger partial charge >= 0.3 is 0 Å². The Labute approximate surface area is 157 Å². The van der Waals surface area contributed by atoms with Gasteiger partial charge < -0.3 is 14.2 Å². The van der Waals surface area contributed by atoms with Gasteiger partial charge in [0.25, 0.3) is 5.91 Å². The molecule has 1 atom stereocenters. The molecular weight excluding hydrogens is 344 g/mol. The minimum Gasteiger partial charge on any atom is -0.494 e. The Morgan fingerprint density at radius 1 is 1.30 bits per heavy atom. The largest absolute Gasteiger partial charge is 0.494 e. The molecule has 1 aromatic carbocycles. The quantitative estimate of drug-likeness (QED) is 0.706. The van der Waals surface area contributed by atoms with Crippen molar-refractivity contribution >= 4 is 5.91 Å². The van der Waals surface area contributed by atoms with Crippen LogP contribution >= 0.6 is 0 Å². The topological polar surface area (TPSA) is 73.4 Å². The van der Waals surface area contributed by atoms with Gasteiger partial charge in [0, 0.05) is 18.8 Å². The van der Waals surface area contributed by atoms with Crippen LogP contribution in [0.3, 0.4) is 0 Å². The van der Waals surface area contributed by atoms with E-state index in [1.165, 1.54) is 0 Å². The third-order valence-corrected chi connectivity index (χ3v) is 4.91. The molecule has 1 aliphatic rings. The second kappa shape index (κ2) is 7.26. The lowest BCUT2D eigenvalue weighted by Crippen LogP contribution is -2.38. The van der Waals surface area contributed by atoms with Gasteiger partial charge in [-0.2, -0.15) is 5.10 Å². The number of rotatable bonds is 4. The summed E-state index contributed by atoms with van der Waals surface area (Å²) in [5.74, 6) is 1.42. The first-order valence-electron chi connectivity index (χ1n) is 9.09. The second-order valence-corrected chi connectivity index (χ2v) is 6.72. The molecule has 1 aliphatic heterocycles. The summed E-state index contributed by atoms with van der Waals surface area (Å²) in [7, 11) is 1.62. The zero-order valence-electron chi connectivity index (χ0n) is 15.5. The Hall–Kier alpha value is -3.09. The Morgan fingerprint density at radius 2 is 2.15 bits per heavy atom. The number of carbonyl (C=O) groups is 1. The highest BCUT2D eigenvalue weighted by Gasteiger charge is 2.31. The van der Waals surface area contributed by atoms with Crippen molar-refractivity contribution in [2.75, 3.05) is 13.7 Å². The SMILES string of the molecule is COc1ccccc1-n1cc(C(=O)N2CCCC[C@@H]2c2cc(C)on2)cn1. The molecule has 0 unspecified atom stereocenters. The van der Waals surface area contributed by atoms with Gasteiger partial charge in [-0.3, -0.25) is 4.79 Å². The third kappa shape index (κ3) is 3.32. The van der Waals surface area contributed by atoms with Crippen molar-refractivity contribution in [2.45, 2.75) is 32.2 Å². The van der Waals surface area contributed by atoms with Crippen molar-refractivity contribution in [3.8, 4) is 11.4 Å². The Bertz CT molecular complexity index is 946. The molecule has 0 saturated carbocycles. The van der Waals surface area contributed by atoms with E-state index in [0.29, 0.717) is 17.9 Å². The fourth-order valence-corrected chi connectivity index (χ4v) is 3.57. The van der Waals surface area contributed by atoms with E-state index in [-0.39, 0.29) is 11.9 Å². The zero-order chi connectivity index (χ0) is 18.8. The van der Waals surface area contributed by atoms with Gasteiger partial charge in [-0.05, 0) is 38.3 Å². The van der Waals surface area contributed by atoms with E-state index in [1.807, 2.05) is 42.2 Å². The van der Waals surface area contributed by atoms with Crippen LogP contribution in [0, 0.1) is 6.92 Å². The van der Waals surface area contributed by atoms with Crippen molar-refractivity contribution in [1.82, 2.24) is 19.8 Å². The average Bonchev–Trinajstić information content (AvgIpc) is 3.37. The molecule has 140 valence electrons. The Morgan fingerprint density at radius 3 is 2.93 bits per heavy atom. The monoisotopic (exact) mass is 366 g/mol. The highest BCUT2D eigenvalue weighted by Crippen LogP contribution is 2.32. The number of ether oxygens (including phenoxy) is 1. The summed E-state index contributed by atoms with van der Waals surface area (Å²) >= 11 is 0. The van der Waals surface area contributed by atoms with Gasteiger partial charge in [0.15, 0.2) is 0 Å². The van der Waals surface area contributed by atoms with Gasteiger partial charge in [-0.25, -0.2) is 4.68 Å². The molecular formula is C20H22N4O3. The molecule has 2 aromatic heterocycles. The first kappa shape index (κ1) is 17.3. The summed E-state index contributed by atoms with van der Waals surface area (Å²) in [6.07, 6.45) is 6.30. The van der Waals surface area contributed by atoms with E-state index in [0.717, 1.165) is 36.4 Å². The predicted octanol–water partition coefficient (Wildman–Crippen LogP) is 3.54. The molecule has 0 aliphatic carbocycles. The second-order valence-electron chi connectivity index (χ2n) is 6.72. The molecule has 0 radical (unpaired) electrons. The molecule has 7 heteroatoms. The molecule has 1 fully saturated rings. The molecule has 0 N–H and O–H groups in total. The highest BCUT2D eigenvalue weighted by atomic mass is 16.5. The maximum absolute atomic E-state index is 13.2. The smallest absolute Gasteiger partial charge is 0.257 e. The Balaban J connectivity index is 1.61. The molecule has 1 saturated heterocycles. The number of para-hydroxylation sites is 2. The molecule has 0 spiro atoms. The van der Waals surface area contributed by atoms with Gasteiger partial charge in [-0.15, -0.1) is 0 Å². The summed E-state index contributed by atoms with van der Waals surface area (Å²) < 4.78 is 12.3. The predicted molar refractivity (Wildman–Crippen MR) is 99.0 cm³/mol. The van der Waals surface area contributed by atoms with Crippen LogP contribution in [0.15, 0.2) is 47.2 Å². The molecule has 0 bridgehead atoms. The first-order chi connectivity index (χ1) is 13.2. The number of amides is 1. The number of hydrogen-bond acceptors (Lipinski definition) is 5. The molecule has 4 rings (SSSR count). The van der Waals surface area contributed by atoms with E-state index in [4.69, 9.17) is 9.26 Å². The lowest BCUT2D eigenvalue weighted by atomic mass is 9.98. The van der Waals surface area contributed by atoms with Crippen LogP contribution in [0.4, 0.5) is 0 Å². The normalized spacial score (nSPS) is 17.1. The molecule has 27 heavy (non-hydrogen) atoms. The lowest BCUT2D eigenvalue weighted by Gasteiger charge is -2.34. The number of aryl methyl sites for hydroxylation is 1. The number of carbonyl (C=O) groups excluding carboxylic acids is 1. The summed E-state index contributed by atoms with van der Waals surface area (Å²) in [6, 6.07) is 9.44. The van der Waals surface area contributed by atoms with E-state index < -0.39 is 0 Å². The van der Waals surface area contributed by atoms with Gasteiger partial charge in [0.1, 0.15) is 22.9 Å². The molecule has 1 amide bonds. The van der Waals surface area contributed by atoms with Crippen molar-refractivity contribution < 1.29 is 14.1 Å². The first-order valence-corrected chi connectivity index (χ1v) is 9.09. The van der Waals surface area contributed by atoms with Crippen LogP contribution in [-0.2, 0) is 0 Å². The Kier molecular flexibility index (Phi) is 4.66. The number of benzene rings is 1. The average molecular weight is 366 g/mol. The van der Waals surface area contributed by atoms with Crippen molar-refractivity contribution in [3.05, 3.63) is 59.7 Å². The van der Waals surface area contributed by atoms with E-state index in [2.05, 4.69) is 10.3 Å². The van der Waals surface area contributed by atoms with Crippen LogP contribution in [0.5, 0.6) is 5.75 Å². The minimum atomic E-state index is -0.0571. The van der Waals surface area contributed by atoms with Crippen molar-refractivity contribution in [2.24, 2.45) is 0 Å².